The summed E-state index contributed by atoms with van der Waals surface area (Å²) in [4.78, 5) is 25.5. The van der Waals surface area contributed by atoms with Crippen LogP contribution in [-0.2, 0) is 29.2 Å². The molecule has 0 aliphatic carbocycles. The molecule has 11 heteroatoms. The summed E-state index contributed by atoms with van der Waals surface area (Å²) in [5.74, 6) is -0.299. The maximum absolute atomic E-state index is 12.7. The van der Waals surface area contributed by atoms with Crippen LogP contribution in [0.4, 0.5) is 0 Å². The molecule has 42 heavy (non-hydrogen) atoms. The number of nitrogens with zero attached hydrogens (tertiary/aromatic N) is 4. The number of imidazole rings is 1. The second kappa shape index (κ2) is 12.6. The summed E-state index contributed by atoms with van der Waals surface area (Å²) >= 11 is 12.4. The zero-order valence-electron chi connectivity index (χ0n) is 22.4. The number of carbonyl (C=O) groups is 1. The van der Waals surface area contributed by atoms with Crippen molar-refractivity contribution in [2.75, 3.05) is 0 Å². The van der Waals surface area contributed by atoms with Crippen LogP contribution in [0.15, 0.2) is 85.3 Å². The SMILES string of the molecule is O=C(NCc1ccc(C2OC(Cn3cnc(Cl)c3Cl)CC(c3ccc(CO)cc3)O2)cc1)c1cnc2ccccc2n1. The second-order valence-corrected chi connectivity index (χ2v) is 10.7. The van der Waals surface area contributed by atoms with Gasteiger partial charge in [0.1, 0.15) is 10.8 Å². The van der Waals surface area contributed by atoms with Gasteiger partial charge in [-0.25, -0.2) is 9.97 Å². The number of hydrogen-bond donors (Lipinski definition) is 2. The van der Waals surface area contributed by atoms with Gasteiger partial charge in [-0.15, -0.1) is 0 Å². The van der Waals surface area contributed by atoms with Crippen LogP contribution in [0.3, 0.4) is 0 Å². The van der Waals surface area contributed by atoms with Crippen LogP contribution >= 0.6 is 23.2 Å². The first-order valence-electron chi connectivity index (χ1n) is 13.4. The van der Waals surface area contributed by atoms with Gasteiger partial charge in [0.25, 0.3) is 5.91 Å². The number of aromatic nitrogens is 4. The van der Waals surface area contributed by atoms with Gasteiger partial charge in [-0.1, -0.05) is 83.9 Å². The minimum atomic E-state index is -0.638. The second-order valence-electron chi connectivity index (χ2n) is 10.00. The van der Waals surface area contributed by atoms with Gasteiger partial charge in [0.15, 0.2) is 11.4 Å². The molecule has 1 saturated heterocycles. The molecular weight excluding hydrogens is 577 g/mol. The molecule has 3 aromatic carbocycles. The highest BCUT2D eigenvalue weighted by Gasteiger charge is 2.33. The van der Waals surface area contributed by atoms with Crippen LogP contribution in [0.25, 0.3) is 11.0 Å². The number of ether oxygens (including phenoxy) is 2. The van der Waals surface area contributed by atoms with E-state index in [2.05, 4.69) is 20.3 Å². The molecule has 2 aromatic heterocycles. The zero-order chi connectivity index (χ0) is 29.1. The van der Waals surface area contributed by atoms with Crippen LogP contribution < -0.4 is 5.32 Å². The Morgan fingerprint density at radius 1 is 0.929 bits per heavy atom. The molecule has 3 unspecified atom stereocenters. The van der Waals surface area contributed by atoms with E-state index in [1.165, 1.54) is 6.20 Å². The summed E-state index contributed by atoms with van der Waals surface area (Å²) < 4.78 is 14.5. The van der Waals surface area contributed by atoms with Crippen molar-refractivity contribution in [3.05, 3.63) is 124 Å². The molecule has 1 aliphatic heterocycles. The number of aliphatic hydroxyl groups is 1. The molecular formula is C31H27Cl2N5O4. The molecule has 1 aliphatic rings. The van der Waals surface area contributed by atoms with Crippen LogP contribution in [0.1, 0.15) is 51.6 Å². The summed E-state index contributed by atoms with van der Waals surface area (Å²) in [6, 6.07) is 22.8. The third-order valence-electron chi connectivity index (χ3n) is 7.13. The van der Waals surface area contributed by atoms with Gasteiger partial charge >= 0.3 is 0 Å². The van der Waals surface area contributed by atoms with Crippen molar-refractivity contribution in [3.8, 4) is 0 Å². The third-order valence-corrected chi connectivity index (χ3v) is 7.90. The predicted octanol–water partition coefficient (Wildman–Crippen LogP) is 5.80. The zero-order valence-corrected chi connectivity index (χ0v) is 23.9. The molecule has 0 spiro atoms. The molecule has 9 nitrogen and oxygen atoms in total. The molecule has 2 N–H and O–H groups in total. The smallest absolute Gasteiger partial charge is 0.271 e. The number of para-hydroxylation sites is 2. The summed E-state index contributed by atoms with van der Waals surface area (Å²) in [5, 5.41) is 12.9. The van der Waals surface area contributed by atoms with Crippen molar-refractivity contribution in [2.24, 2.45) is 0 Å². The van der Waals surface area contributed by atoms with E-state index in [-0.39, 0.29) is 35.6 Å². The van der Waals surface area contributed by atoms with Gasteiger partial charge < -0.3 is 24.5 Å². The number of halogens is 2. The standard InChI is InChI=1S/C31H27Cl2N5O4/c32-28-29(33)38(18-36-28)16-23-13-27(21-9-7-20(17-39)8-10-21)42-31(41-23)22-11-5-19(6-12-22)14-35-30(40)26-15-34-24-3-1-2-4-25(24)37-26/h1-12,15,18,23,27,31,39H,13-14,16-17H2,(H,35,40). The van der Waals surface area contributed by atoms with Crippen molar-refractivity contribution >= 4 is 40.1 Å². The number of rotatable bonds is 8. The lowest BCUT2D eigenvalue weighted by Crippen LogP contribution is -2.32. The van der Waals surface area contributed by atoms with Crippen molar-refractivity contribution in [2.45, 2.75) is 44.6 Å². The van der Waals surface area contributed by atoms with E-state index in [9.17, 15) is 9.90 Å². The Morgan fingerprint density at radius 2 is 1.64 bits per heavy atom. The lowest BCUT2D eigenvalue weighted by Gasteiger charge is -2.36. The molecule has 0 saturated carbocycles. The quantitative estimate of drug-likeness (QED) is 0.230. The molecule has 5 aromatic rings. The highest BCUT2D eigenvalue weighted by atomic mass is 35.5. The van der Waals surface area contributed by atoms with Gasteiger partial charge in [0, 0.05) is 18.5 Å². The Morgan fingerprint density at radius 3 is 2.36 bits per heavy atom. The number of fused-ring (bicyclic) bond motifs is 1. The highest BCUT2D eigenvalue weighted by molar-refractivity contribution is 6.40. The van der Waals surface area contributed by atoms with Gasteiger partial charge in [-0.2, -0.15) is 0 Å². The van der Waals surface area contributed by atoms with Gasteiger partial charge in [0.05, 0.1) is 48.9 Å². The maximum Gasteiger partial charge on any atom is 0.271 e. The normalized spacial score (nSPS) is 18.7. The Kier molecular flexibility index (Phi) is 8.46. The lowest BCUT2D eigenvalue weighted by molar-refractivity contribution is -0.252. The lowest BCUT2D eigenvalue weighted by atomic mass is 10.00. The number of carbonyl (C=O) groups excluding carboxylic acids is 1. The summed E-state index contributed by atoms with van der Waals surface area (Å²) in [7, 11) is 0. The molecule has 0 bridgehead atoms. The average molecular weight is 604 g/mol. The van der Waals surface area contributed by atoms with Crippen LogP contribution in [-0.4, -0.2) is 36.6 Å². The number of amides is 1. The topological polar surface area (TPSA) is 111 Å². The summed E-state index contributed by atoms with van der Waals surface area (Å²) in [5.41, 5.74) is 5.22. The maximum atomic E-state index is 12.7. The molecule has 1 amide bonds. The summed E-state index contributed by atoms with van der Waals surface area (Å²) in [6.07, 6.45) is 2.53. The van der Waals surface area contributed by atoms with E-state index in [1.807, 2.05) is 72.8 Å². The van der Waals surface area contributed by atoms with E-state index in [4.69, 9.17) is 32.7 Å². The fourth-order valence-corrected chi connectivity index (χ4v) is 5.17. The first-order valence-corrected chi connectivity index (χ1v) is 14.2. The Hall–Kier alpha value is -3.86. The highest BCUT2D eigenvalue weighted by Crippen LogP contribution is 2.39. The van der Waals surface area contributed by atoms with E-state index in [0.717, 1.165) is 27.8 Å². The van der Waals surface area contributed by atoms with Gasteiger partial charge in [0.2, 0.25) is 0 Å². The Labute approximate surface area is 252 Å². The van der Waals surface area contributed by atoms with Crippen molar-refractivity contribution in [3.63, 3.8) is 0 Å². The van der Waals surface area contributed by atoms with Crippen LogP contribution in [0.5, 0.6) is 0 Å². The first-order chi connectivity index (χ1) is 20.5. The average Bonchev–Trinajstić information content (AvgIpc) is 3.35. The number of nitrogens with one attached hydrogen (secondary N) is 1. The largest absolute Gasteiger partial charge is 0.392 e. The molecule has 6 rings (SSSR count). The van der Waals surface area contributed by atoms with Crippen LogP contribution in [0.2, 0.25) is 10.3 Å². The fourth-order valence-electron chi connectivity index (χ4n) is 4.85. The van der Waals surface area contributed by atoms with Gasteiger partial charge in [-0.3, -0.25) is 9.78 Å². The predicted molar refractivity (Wildman–Crippen MR) is 158 cm³/mol. The van der Waals surface area contributed by atoms with Crippen molar-refractivity contribution in [1.82, 2.24) is 24.8 Å². The molecule has 0 radical (unpaired) electrons. The number of aliphatic hydroxyl groups excluding tert-OH is 1. The molecule has 214 valence electrons. The molecule has 1 fully saturated rings. The molecule has 3 atom stereocenters. The van der Waals surface area contributed by atoms with Crippen molar-refractivity contribution < 1.29 is 19.4 Å². The summed E-state index contributed by atoms with van der Waals surface area (Å²) in [6.45, 7) is 0.746. The van der Waals surface area contributed by atoms with E-state index < -0.39 is 6.29 Å². The first kappa shape index (κ1) is 28.3. The van der Waals surface area contributed by atoms with E-state index >= 15 is 0 Å². The number of benzene rings is 3. The van der Waals surface area contributed by atoms with Crippen LogP contribution in [0, 0.1) is 0 Å². The Bertz CT molecular complexity index is 1690. The fraction of sp³-hybridized carbons (Fsp3) is 0.226. The molecule has 3 heterocycles. The van der Waals surface area contributed by atoms with E-state index in [0.29, 0.717) is 30.2 Å². The van der Waals surface area contributed by atoms with E-state index in [1.54, 1.807) is 10.9 Å². The Balaban J connectivity index is 1.15. The minimum absolute atomic E-state index is 0.0253. The number of hydrogen-bond acceptors (Lipinski definition) is 7. The van der Waals surface area contributed by atoms with Gasteiger partial charge in [-0.05, 0) is 28.8 Å². The third kappa shape index (κ3) is 6.30. The minimum Gasteiger partial charge on any atom is -0.392 e. The monoisotopic (exact) mass is 603 g/mol. The van der Waals surface area contributed by atoms with Crippen molar-refractivity contribution in [1.29, 1.82) is 0 Å².